The highest BCUT2D eigenvalue weighted by Gasteiger charge is 2.22. The molecule has 0 fully saturated rings. The quantitative estimate of drug-likeness (QED) is 0.759. The predicted molar refractivity (Wildman–Crippen MR) is 89.6 cm³/mol. The number of nitrogens with one attached hydrogen (secondary N) is 1. The average molecular weight is 321 g/mol. The molecule has 0 saturated carbocycles. The van der Waals surface area contributed by atoms with Gasteiger partial charge < -0.3 is 9.52 Å². The van der Waals surface area contributed by atoms with E-state index in [9.17, 15) is 9.90 Å². The summed E-state index contributed by atoms with van der Waals surface area (Å²) < 4.78 is 5.83. The molecule has 0 bridgehead atoms. The first-order chi connectivity index (χ1) is 11.6. The molecule has 1 unspecified atom stereocenters. The number of hydrazone groups is 1. The molecule has 1 atom stereocenters. The second-order valence-electron chi connectivity index (χ2n) is 5.89. The van der Waals surface area contributed by atoms with Gasteiger partial charge in [0.25, 0.3) is 0 Å². The smallest absolute Gasteiger partial charge is 0.240 e. The predicted octanol–water partition coefficient (Wildman–Crippen LogP) is 3.06. The average Bonchev–Trinajstić information content (AvgIpc) is 2.98. The number of carbonyl (C=O) groups is 1. The van der Waals surface area contributed by atoms with Crippen molar-refractivity contribution in [1.29, 1.82) is 0 Å². The summed E-state index contributed by atoms with van der Waals surface area (Å²) in [4.78, 5) is 15.8. The van der Waals surface area contributed by atoms with Crippen LogP contribution in [0.3, 0.4) is 0 Å². The maximum atomic E-state index is 11.4. The van der Waals surface area contributed by atoms with Gasteiger partial charge in [0, 0.05) is 23.5 Å². The zero-order chi connectivity index (χ0) is 16.7. The molecular formula is C18H15N3O3. The second-order valence-corrected chi connectivity index (χ2v) is 5.89. The van der Waals surface area contributed by atoms with Gasteiger partial charge in [0.15, 0.2) is 5.58 Å². The van der Waals surface area contributed by atoms with Crippen molar-refractivity contribution in [3.8, 4) is 17.2 Å². The first kappa shape index (κ1) is 14.4. The van der Waals surface area contributed by atoms with Crippen molar-refractivity contribution in [2.75, 3.05) is 0 Å². The van der Waals surface area contributed by atoms with Gasteiger partial charge in [0.1, 0.15) is 11.3 Å². The van der Waals surface area contributed by atoms with Gasteiger partial charge in [-0.1, -0.05) is 19.1 Å². The molecule has 2 N–H and O–H groups in total. The first-order valence-corrected chi connectivity index (χ1v) is 7.67. The van der Waals surface area contributed by atoms with Crippen LogP contribution in [0, 0.1) is 5.92 Å². The summed E-state index contributed by atoms with van der Waals surface area (Å²) in [6.45, 7) is 1.97. The number of nitrogens with zero attached hydrogens (tertiary/aromatic N) is 2. The number of oxazole rings is 1. The molecule has 1 aliphatic heterocycles. The zero-order valence-electron chi connectivity index (χ0n) is 13.0. The van der Waals surface area contributed by atoms with Crippen molar-refractivity contribution in [2.24, 2.45) is 11.0 Å². The van der Waals surface area contributed by atoms with E-state index in [0.717, 1.165) is 16.8 Å². The van der Waals surface area contributed by atoms with E-state index in [1.165, 1.54) is 0 Å². The van der Waals surface area contributed by atoms with E-state index < -0.39 is 0 Å². The lowest BCUT2D eigenvalue weighted by Gasteiger charge is -2.18. The monoisotopic (exact) mass is 321 g/mol. The maximum absolute atomic E-state index is 11.4. The third kappa shape index (κ3) is 2.52. The second kappa shape index (κ2) is 5.49. The molecule has 4 rings (SSSR count). The highest BCUT2D eigenvalue weighted by molar-refractivity contribution is 6.07. The van der Waals surface area contributed by atoms with Crippen LogP contribution in [-0.4, -0.2) is 21.7 Å². The maximum Gasteiger partial charge on any atom is 0.240 e. The number of phenols is 1. The Bertz CT molecular complexity index is 975. The summed E-state index contributed by atoms with van der Waals surface area (Å²) in [5, 5.41) is 13.8. The molecule has 0 radical (unpaired) electrons. The third-order valence-electron chi connectivity index (χ3n) is 4.04. The fourth-order valence-electron chi connectivity index (χ4n) is 2.85. The Morgan fingerprint density at radius 3 is 2.88 bits per heavy atom. The molecule has 2 heterocycles. The minimum atomic E-state index is -0.0711. The van der Waals surface area contributed by atoms with Crippen molar-refractivity contribution in [3.05, 3.63) is 48.0 Å². The molecule has 6 nitrogen and oxygen atoms in total. The van der Waals surface area contributed by atoms with Crippen LogP contribution < -0.4 is 5.43 Å². The Hall–Kier alpha value is -3.15. The van der Waals surface area contributed by atoms with Gasteiger partial charge in [-0.15, -0.1) is 0 Å². The number of aromatic hydroxyl groups is 1. The molecule has 0 spiro atoms. The zero-order valence-corrected chi connectivity index (χ0v) is 13.0. The molecule has 1 amide bonds. The molecule has 0 aliphatic carbocycles. The van der Waals surface area contributed by atoms with Crippen molar-refractivity contribution in [1.82, 2.24) is 10.4 Å². The fourth-order valence-corrected chi connectivity index (χ4v) is 2.85. The molecule has 1 aliphatic rings. The minimum Gasteiger partial charge on any atom is -0.508 e. The highest BCUT2D eigenvalue weighted by Crippen LogP contribution is 2.28. The number of amides is 1. The number of fused-ring (bicyclic) bond motifs is 1. The number of carbonyl (C=O) groups excluding carboxylic acids is 1. The number of hydrogen-bond acceptors (Lipinski definition) is 5. The van der Waals surface area contributed by atoms with E-state index in [-0.39, 0.29) is 17.6 Å². The molecule has 6 heteroatoms. The van der Waals surface area contributed by atoms with Crippen LogP contribution in [0.15, 0.2) is 52.0 Å². The molecule has 0 saturated heterocycles. The minimum absolute atomic E-state index is 0.0460. The number of aromatic nitrogens is 1. The summed E-state index contributed by atoms with van der Waals surface area (Å²) in [7, 11) is 0. The van der Waals surface area contributed by atoms with Crippen LogP contribution in [0.5, 0.6) is 5.75 Å². The summed E-state index contributed by atoms with van der Waals surface area (Å²) in [5.41, 5.74) is 6.32. The Morgan fingerprint density at radius 1 is 1.21 bits per heavy atom. The first-order valence-electron chi connectivity index (χ1n) is 7.67. The van der Waals surface area contributed by atoms with Gasteiger partial charge >= 0.3 is 0 Å². The molecule has 24 heavy (non-hydrogen) atoms. The SMILES string of the molecule is CC1CC(=O)NN=C1c1ccc2nc(-c3cccc(O)c3)oc2c1. The number of hydrogen-bond donors (Lipinski definition) is 2. The lowest BCUT2D eigenvalue weighted by molar-refractivity contribution is -0.121. The Kier molecular flexibility index (Phi) is 3.30. The molecule has 3 aromatic rings. The van der Waals surface area contributed by atoms with Crippen molar-refractivity contribution >= 4 is 22.7 Å². The van der Waals surface area contributed by atoms with Crippen molar-refractivity contribution in [2.45, 2.75) is 13.3 Å². The van der Waals surface area contributed by atoms with Gasteiger partial charge in [-0.2, -0.15) is 5.10 Å². The van der Waals surface area contributed by atoms with E-state index >= 15 is 0 Å². The number of rotatable bonds is 2. The van der Waals surface area contributed by atoms with Crippen LogP contribution in [-0.2, 0) is 4.79 Å². The van der Waals surface area contributed by atoms with E-state index in [2.05, 4.69) is 15.5 Å². The van der Waals surface area contributed by atoms with E-state index in [1.807, 2.05) is 31.2 Å². The van der Waals surface area contributed by atoms with E-state index in [0.29, 0.717) is 23.5 Å². The third-order valence-corrected chi connectivity index (χ3v) is 4.04. The largest absolute Gasteiger partial charge is 0.508 e. The number of benzene rings is 2. The van der Waals surface area contributed by atoms with Gasteiger partial charge in [-0.05, 0) is 30.3 Å². The normalized spacial score (nSPS) is 17.6. The number of phenolic OH excluding ortho intramolecular Hbond substituents is 1. The molecular weight excluding hydrogens is 306 g/mol. The highest BCUT2D eigenvalue weighted by atomic mass is 16.3. The van der Waals surface area contributed by atoms with Gasteiger partial charge in [0.05, 0.1) is 5.71 Å². The van der Waals surface area contributed by atoms with Gasteiger partial charge in [0.2, 0.25) is 11.8 Å². The Morgan fingerprint density at radius 2 is 2.08 bits per heavy atom. The van der Waals surface area contributed by atoms with Crippen LogP contribution in [0.1, 0.15) is 18.9 Å². The Labute approximate surface area is 137 Å². The van der Waals surface area contributed by atoms with Gasteiger partial charge in [-0.3, -0.25) is 4.79 Å². The van der Waals surface area contributed by atoms with Crippen molar-refractivity contribution < 1.29 is 14.3 Å². The fraction of sp³-hybridized carbons (Fsp3) is 0.167. The molecule has 1 aromatic heterocycles. The Balaban J connectivity index is 1.75. The van der Waals surface area contributed by atoms with Crippen molar-refractivity contribution in [3.63, 3.8) is 0 Å². The standard InChI is InChI=1S/C18H15N3O3/c1-10-7-16(23)20-21-17(10)11-5-6-14-15(9-11)24-18(19-14)12-3-2-4-13(22)8-12/h2-6,8-10,22H,7H2,1H3,(H,20,23). The summed E-state index contributed by atoms with van der Waals surface area (Å²) in [6, 6.07) is 12.4. The molecule has 120 valence electrons. The lowest BCUT2D eigenvalue weighted by atomic mass is 9.94. The van der Waals surface area contributed by atoms with Crippen LogP contribution in [0.2, 0.25) is 0 Å². The van der Waals surface area contributed by atoms with E-state index in [1.54, 1.807) is 18.2 Å². The lowest BCUT2D eigenvalue weighted by Crippen LogP contribution is -2.31. The summed E-state index contributed by atoms with van der Waals surface area (Å²) in [6.07, 6.45) is 0.418. The molecule has 2 aromatic carbocycles. The van der Waals surface area contributed by atoms with Crippen LogP contribution >= 0.6 is 0 Å². The summed E-state index contributed by atoms with van der Waals surface area (Å²) >= 11 is 0. The summed E-state index contributed by atoms with van der Waals surface area (Å²) in [5.74, 6) is 0.587. The van der Waals surface area contributed by atoms with Gasteiger partial charge in [-0.25, -0.2) is 10.4 Å². The topological polar surface area (TPSA) is 87.7 Å². The van der Waals surface area contributed by atoms with Crippen LogP contribution in [0.4, 0.5) is 0 Å². The van der Waals surface area contributed by atoms with E-state index in [4.69, 9.17) is 4.42 Å². The van der Waals surface area contributed by atoms with Crippen LogP contribution in [0.25, 0.3) is 22.6 Å².